The summed E-state index contributed by atoms with van der Waals surface area (Å²) in [5, 5.41) is 9.90. The van der Waals surface area contributed by atoms with E-state index < -0.39 is 11.5 Å². The number of hydrogen-bond acceptors (Lipinski definition) is 5. The van der Waals surface area contributed by atoms with Gasteiger partial charge in [0.2, 0.25) is 0 Å². The topological polar surface area (TPSA) is 94.7 Å². The lowest BCUT2D eigenvalue weighted by Crippen LogP contribution is -2.38. The number of esters is 1. The molecule has 0 fully saturated rings. The van der Waals surface area contributed by atoms with Gasteiger partial charge in [0.1, 0.15) is 5.60 Å². The first-order valence-corrected chi connectivity index (χ1v) is 12.0. The van der Waals surface area contributed by atoms with Gasteiger partial charge in [-0.15, -0.1) is 0 Å². The Bertz CT molecular complexity index is 1240. The molecule has 1 amide bonds. The van der Waals surface area contributed by atoms with E-state index in [1.54, 1.807) is 11.6 Å². The standard InChI is InChI=1S/C28H33N3O4/c1-28(2,3)35-27(33)18-31(15-14-21-17-29-24-7-5-4-6-22(21)24)25-12-10-20-16-19(8-11-23(20)25)9-13-26(32)30-34/h4-9,11,13,16-17,25,29,34H,10,12,14-15,18H2,1-3H3,(H,30,32). The molecule has 35 heavy (non-hydrogen) atoms. The van der Waals surface area contributed by atoms with E-state index in [-0.39, 0.29) is 18.6 Å². The number of aryl methyl sites for hydroxylation is 1. The van der Waals surface area contributed by atoms with Crippen molar-refractivity contribution in [2.45, 2.75) is 51.7 Å². The molecule has 1 aliphatic carbocycles. The second kappa shape index (κ2) is 10.5. The molecule has 0 aliphatic heterocycles. The number of carbonyl (C=O) groups is 2. The summed E-state index contributed by atoms with van der Waals surface area (Å²) in [6.07, 6.45) is 7.65. The Labute approximate surface area is 205 Å². The van der Waals surface area contributed by atoms with Gasteiger partial charge in [-0.25, -0.2) is 5.48 Å². The SMILES string of the molecule is CC(C)(C)OC(=O)CN(CCc1c[nH]c2ccccc12)C1CCc2cc(C=CC(=O)NO)ccc21. The molecule has 3 aromatic rings. The molecule has 7 heteroatoms. The van der Waals surface area contributed by atoms with Crippen molar-refractivity contribution in [1.29, 1.82) is 0 Å². The second-order valence-electron chi connectivity index (χ2n) is 9.99. The third-order valence-corrected chi connectivity index (χ3v) is 6.29. The van der Waals surface area contributed by atoms with Crippen LogP contribution >= 0.6 is 0 Å². The van der Waals surface area contributed by atoms with Crippen LogP contribution in [0.1, 0.15) is 55.5 Å². The van der Waals surface area contributed by atoms with E-state index in [1.165, 1.54) is 28.2 Å². The zero-order chi connectivity index (χ0) is 25.0. The van der Waals surface area contributed by atoms with Crippen molar-refractivity contribution in [3.8, 4) is 0 Å². The number of para-hydroxylation sites is 1. The first-order valence-electron chi connectivity index (χ1n) is 12.0. The molecule has 0 radical (unpaired) electrons. The predicted molar refractivity (Wildman–Crippen MR) is 136 cm³/mol. The third-order valence-electron chi connectivity index (χ3n) is 6.29. The Morgan fingerprint density at radius 3 is 2.80 bits per heavy atom. The number of carbonyl (C=O) groups excluding carboxylic acids is 2. The van der Waals surface area contributed by atoms with Gasteiger partial charge in [-0.2, -0.15) is 0 Å². The van der Waals surface area contributed by atoms with Crippen LogP contribution in [-0.2, 0) is 27.2 Å². The van der Waals surface area contributed by atoms with E-state index in [1.807, 2.05) is 39.0 Å². The summed E-state index contributed by atoms with van der Waals surface area (Å²) in [4.78, 5) is 29.7. The molecular weight excluding hydrogens is 442 g/mol. The van der Waals surface area contributed by atoms with Crippen molar-refractivity contribution in [2.24, 2.45) is 0 Å². The number of amides is 1. The number of nitrogens with one attached hydrogen (secondary N) is 2. The number of H-pyrrole nitrogens is 1. The van der Waals surface area contributed by atoms with Crippen LogP contribution in [0.5, 0.6) is 0 Å². The summed E-state index contributed by atoms with van der Waals surface area (Å²) >= 11 is 0. The van der Waals surface area contributed by atoms with Gasteiger partial charge in [0, 0.05) is 35.8 Å². The molecule has 2 aromatic carbocycles. The number of fused-ring (bicyclic) bond motifs is 2. The number of aromatic nitrogens is 1. The smallest absolute Gasteiger partial charge is 0.320 e. The van der Waals surface area contributed by atoms with Gasteiger partial charge in [-0.3, -0.25) is 19.7 Å². The third kappa shape index (κ3) is 6.18. The first-order chi connectivity index (χ1) is 16.7. The molecule has 0 spiro atoms. The highest BCUT2D eigenvalue weighted by Crippen LogP contribution is 2.37. The van der Waals surface area contributed by atoms with Gasteiger partial charge in [-0.05, 0) is 74.4 Å². The van der Waals surface area contributed by atoms with E-state index in [0.29, 0.717) is 0 Å². The number of nitrogens with zero attached hydrogens (tertiary/aromatic N) is 1. The lowest BCUT2D eigenvalue weighted by Gasteiger charge is -2.30. The monoisotopic (exact) mass is 475 g/mol. The van der Waals surface area contributed by atoms with E-state index in [2.05, 4.69) is 40.3 Å². The number of hydroxylamine groups is 1. The molecule has 1 aliphatic rings. The Morgan fingerprint density at radius 2 is 2.03 bits per heavy atom. The summed E-state index contributed by atoms with van der Waals surface area (Å²) in [5.74, 6) is -0.788. The molecule has 184 valence electrons. The molecule has 4 rings (SSSR count). The molecule has 0 saturated heterocycles. The molecule has 0 bridgehead atoms. The van der Waals surface area contributed by atoms with Crippen LogP contribution in [-0.4, -0.2) is 45.7 Å². The summed E-state index contributed by atoms with van der Waals surface area (Å²) in [6.45, 7) is 6.61. The fourth-order valence-corrected chi connectivity index (χ4v) is 4.79. The van der Waals surface area contributed by atoms with Crippen molar-refractivity contribution in [3.05, 3.63) is 77.0 Å². The predicted octanol–water partition coefficient (Wildman–Crippen LogP) is 4.56. The largest absolute Gasteiger partial charge is 0.459 e. The maximum Gasteiger partial charge on any atom is 0.320 e. The van der Waals surface area contributed by atoms with Crippen LogP contribution in [0.2, 0.25) is 0 Å². The van der Waals surface area contributed by atoms with Crippen molar-refractivity contribution >= 4 is 28.9 Å². The fraction of sp³-hybridized carbons (Fsp3) is 0.357. The Morgan fingerprint density at radius 1 is 1.23 bits per heavy atom. The molecule has 7 nitrogen and oxygen atoms in total. The van der Waals surface area contributed by atoms with Gasteiger partial charge < -0.3 is 9.72 Å². The van der Waals surface area contributed by atoms with Gasteiger partial charge in [0.05, 0.1) is 6.54 Å². The first kappa shape index (κ1) is 24.7. The van der Waals surface area contributed by atoms with Crippen LogP contribution in [0.25, 0.3) is 17.0 Å². The molecule has 3 N–H and O–H groups in total. The molecule has 0 saturated carbocycles. The Kier molecular flexibility index (Phi) is 7.38. The van der Waals surface area contributed by atoms with Gasteiger partial charge in [0.15, 0.2) is 0 Å². The minimum atomic E-state index is -0.566. The maximum atomic E-state index is 12.8. The van der Waals surface area contributed by atoms with Crippen LogP contribution in [0.4, 0.5) is 0 Å². The van der Waals surface area contributed by atoms with E-state index >= 15 is 0 Å². The highest BCUT2D eigenvalue weighted by molar-refractivity contribution is 5.90. The number of benzene rings is 2. The van der Waals surface area contributed by atoms with Crippen LogP contribution in [0.3, 0.4) is 0 Å². The molecule has 1 atom stereocenters. The molecular formula is C28H33N3O4. The van der Waals surface area contributed by atoms with Crippen LogP contribution in [0, 0.1) is 0 Å². The van der Waals surface area contributed by atoms with Crippen molar-refractivity contribution in [3.63, 3.8) is 0 Å². The van der Waals surface area contributed by atoms with Crippen molar-refractivity contribution < 1.29 is 19.5 Å². The van der Waals surface area contributed by atoms with Crippen molar-refractivity contribution in [1.82, 2.24) is 15.4 Å². The Hall–Kier alpha value is -3.42. The maximum absolute atomic E-state index is 12.8. The quantitative estimate of drug-likeness (QED) is 0.192. The van der Waals surface area contributed by atoms with Crippen molar-refractivity contribution in [2.75, 3.05) is 13.1 Å². The summed E-state index contributed by atoms with van der Waals surface area (Å²) < 4.78 is 5.65. The fourth-order valence-electron chi connectivity index (χ4n) is 4.79. The number of rotatable bonds is 8. The van der Waals surface area contributed by atoms with Crippen LogP contribution in [0.15, 0.2) is 54.7 Å². The molecule has 1 heterocycles. The average molecular weight is 476 g/mol. The zero-order valence-corrected chi connectivity index (χ0v) is 20.5. The highest BCUT2D eigenvalue weighted by atomic mass is 16.6. The number of hydrogen-bond donors (Lipinski definition) is 3. The van der Waals surface area contributed by atoms with E-state index in [9.17, 15) is 9.59 Å². The van der Waals surface area contributed by atoms with Gasteiger partial charge >= 0.3 is 5.97 Å². The Balaban J connectivity index is 1.55. The van der Waals surface area contributed by atoms with Crippen LogP contribution < -0.4 is 5.48 Å². The minimum Gasteiger partial charge on any atom is -0.459 e. The van der Waals surface area contributed by atoms with Gasteiger partial charge in [-0.1, -0.05) is 36.4 Å². The van der Waals surface area contributed by atoms with E-state index in [0.717, 1.165) is 36.9 Å². The van der Waals surface area contributed by atoms with E-state index in [4.69, 9.17) is 9.94 Å². The number of aromatic amines is 1. The summed E-state index contributed by atoms with van der Waals surface area (Å²) in [7, 11) is 0. The zero-order valence-electron chi connectivity index (χ0n) is 20.5. The minimum absolute atomic E-state index is 0.112. The summed E-state index contributed by atoms with van der Waals surface area (Å²) in [5.41, 5.74) is 6.73. The number of ether oxygens (including phenoxy) is 1. The second-order valence-corrected chi connectivity index (χ2v) is 9.99. The lowest BCUT2D eigenvalue weighted by molar-refractivity contribution is -0.156. The van der Waals surface area contributed by atoms with Gasteiger partial charge in [0.25, 0.3) is 5.91 Å². The highest BCUT2D eigenvalue weighted by Gasteiger charge is 2.30. The normalized spacial score (nSPS) is 15.6. The molecule has 1 aromatic heterocycles. The summed E-state index contributed by atoms with van der Waals surface area (Å²) in [6, 6.07) is 14.5. The lowest BCUT2D eigenvalue weighted by atomic mass is 10.0. The molecule has 1 unspecified atom stereocenters. The average Bonchev–Trinajstić information content (AvgIpc) is 3.43.